The minimum atomic E-state index is -1.08. The molecule has 0 fully saturated rings. The van der Waals surface area contributed by atoms with Crippen molar-refractivity contribution in [2.75, 3.05) is 6.61 Å². The molecule has 6 heteroatoms. The van der Waals surface area contributed by atoms with Gasteiger partial charge in [0, 0.05) is 4.47 Å². The summed E-state index contributed by atoms with van der Waals surface area (Å²) in [6, 6.07) is 10.9. The highest BCUT2D eigenvalue weighted by Crippen LogP contribution is 2.25. The van der Waals surface area contributed by atoms with Crippen LogP contribution in [0, 0.1) is 0 Å². The topological polar surface area (TPSA) is 72.8 Å². The van der Waals surface area contributed by atoms with E-state index in [1.165, 1.54) is 24.3 Å². The summed E-state index contributed by atoms with van der Waals surface area (Å²) in [5.74, 6) is -1.09. The number of ether oxygens (including phenoxy) is 2. The molecular formula is C18H17BrO5. The summed E-state index contributed by atoms with van der Waals surface area (Å²) in [6.07, 6.45) is 1.86. The Bertz CT molecular complexity index is 742. The van der Waals surface area contributed by atoms with Crippen molar-refractivity contribution in [3.05, 3.63) is 58.1 Å². The lowest BCUT2D eigenvalue weighted by Crippen LogP contribution is -2.12. The first-order valence-corrected chi connectivity index (χ1v) is 8.28. The molecule has 0 radical (unpaired) electrons. The van der Waals surface area contributed by atoms with Gasteiger partial charge >= 0.3 is 11.9 Å². The largest absolute Gasteiger partial charge is 0.493 e. The van der Waals surface area contributed by atoms with Crippen molar-refractivity contribution in [1.82, 2.24) is 0 Å². The van der Waals surface area contributed by atoms with Crippen molar-refractivity contribution in [1.29, 1.82) is 0 Å². The van der Waals surface area contributed by atoms with E-state index in [2.05, 4.69) is 22.9 Å². The number of aromatic carboxylic acids is 1. The third kappa shape index (κ3) is 4.83. The molecule has 0 aliphatic carbocycles. The van der Waals surface area contributed by atoms with E-state index >= 15 is 0 Å². The number of carboxylic acid groups (broad SMARTS) is 1. The van der Waals surface area contributed by atoms with Gasteiger partial charge in [0.05, 0.1) is 12.2 Å². The molecule has 0 spiro atoms. The van der Waals surface area contributed by atoms with Crippen molar-refractivity contribution in [3.63, 3.8) is 0 Å². The molecule has 0 bridgehead atoms. The fourth-order valence-corrected chi connectivity index (χ4v) is 2.33. The van der Waals surface area contributed by atoms with Crippen LogP contribution in [0.25, 0.3) is 0 Å². The average molecular weight is 393 g/mol. The molecule has 0 aromatic heterocycles. The van der Waals surface area contributed by atoms with E-state index in [0.29, 0.717) is 12.4 Å². The SMILES string of the molecule is CCCCOc1ccc(Br)cc1C(=O)Oc1cccc(C(=O)O)c1. The summed E-state index contributed by atoms with van der Waals surface area (Å²) >= 11 is 3.32. The van der Waals surface area contributed by atoms with Gasteiger partial charge in [-0.2, -0.15) is 0 Å². The molecule has 2 rings (SSSR count). The van der Waals surface area contributed by atoms with Crippen molar-refractivity contribution in [2.45, 2.75) is 19.8 Å². The highest BCUT2D eigenvalue weighted by atomic mass is 79.9. The Kier molecular flexibility index (Phi) is 6.37. The molecular weight excluding hydrogens is 376 g/mol. The fraction of sp³-hybridized carbons (Fsp3) is 0.222. The molecule has 0 saturated carbocycles. The first-order chi connectivity index (χ1) is 11.5. The molecule has 0 saturated heterocycles. The molecule has 24 heavy (non-hydrogen) atoms. The van der Waals surface area contributed by atoms with Gasteiger partial charge < -0.3 is 14.6 Å². The number of hydrogen-bond acceptors (Lipinski definition) is 4. The second kappa shape index (κ2) is 8.49. The molecule has 0 unspecified atom stereocenters. The summed E-state index contributed by atoms with van der Waals surface area (Å²) in [4.78, 5) is 23.4. The zero-order valence-electron chi connectivity index (χ0n) is 13.1. The number of carboxylic acids is 1. The lowest BCUT2D eigenvalue weighted by molar-refractivity contribution is 0.0686. The van der Waals surface area contributed by atoms with Gasteiger partial charge in [-0.3, -0.25) is 0 Å². The van der Waals surface area contributed by atoms with Crippen molar-refractivity contribution < 1.29 is 24.2 Å². The van der Waals surface area contributed by atoms with Gasteiger partial charge in [0.1, 0.15) is 17.1 Å². The van der Waals surface area contributed by atoms with Crippen LogP contribution < -0.4 is 9.47 Å². The zero-order valence-corrected chi connectivity index (χ0v) is 14.7. The van der Waals surface area contributed by atoms with Gasteiger partial charge in [0.2, 0.25) is 0 Å². The lowest BCUT2D eigenvalue weighted by atomic mass is 10.2. The van der Waals surface area contributed by atoms with E-state index in [4.69, 9.17) is 14.6 Å². The molecule has 2 aromatic rings. The maximum Gasteiger partial charge on any atom is 0.347 e. The van der Waals surface area contributed by atoms with Gasteiger partial charge in [-0.1, -0.05) is 35.3 Å². The highest BCUT2D eigenvalue weighted by Gasteiger charge is 2.16. The minimum absolute atomic E-state index is 0.0500. The molecule has 0 aliphatic rings. The van der Waals surface area contributed by atoms with E-state index in [1.807, 2.05) is 0 Å². The molecule has 2 aromatic carbocycles. The number of unbranched alkanes of at least 4 members (excludes halogenated alkanes) is 1. The lowest BCUT2D eigenvalue weighted by Gasteiger charge is -2.11. The Morgan fingerprint density at radius 3 is 2.67 bits per heavy atom. The van der Waals surface area contributed by atoms with E-state index in [0.717, 1.165) is 17.3 Å². The maximum absolute atomic E-state index is 12.4. The number of halogens is 1. The predicted octanol–water partition coefficient (Wildman–Crippen LogP) is 4.55. The number of carbonyl (C=O) groups is 2. The van der Waals surface area contributed by atoms with Crippen LogP contribution in [-0.4, -0.2) is 23.7 Å². The van der Waals surface area contributed by atoms with Crippen LogP contribution in [0.2, 0.25) is 0 Å². The molecule has 0 atom stereocenters. The normalized spacial score (nSPS) is 10.2. The second-order valence-electron chi connectivity index (χ2n) is 5.07. The monoisotopic (exact) mass is 392 g/mol. The number of benzene rings is 2. The Balaban J connectivity index is 2.21. The van der Waals surface area contributed by atoms with Gasteiger partial charge in [-0.05, 0) is 42.8 Å². The third-order valence-corrected chi connectivity index (χ3v) is 3.70. The van der Waals surface area contributed by atoms with E-state index in [-0.39, 0.29) is 16.9 Å². The first-order valence-electron chi connectivity index (χ1n) is 7.49. The van der Waals surface area contributed by atoms with Crippen LogP contribution in [0.1, 0.15) is 40.5 Å². The van der Waals surface area contributed by atoms with Gasteiger partial charge in [-0.25, -0.2) is 9.59 Å². The third-order valence-electron chi connectivity index (χ3n) is 3.21. The summed E-state index contributed by atoms with van der Waals surface area (Å²) in [5, 5.41) is 8.99. The average Bonchev–Trinajstić information content (AvgIpc) is 2.56. The Hall–Kier alpha value is -2.34. The quantitative estimate of drug-likeness (QED) is 0.425. The number of hydrogen-bond donors (Lipinski definition) is 1. The molecule has 126 valence electrons. The van der Waals surface area contributed by atoms with Gasteiger partial charge in [0.15, 0.2) is 0 Å². The standard InChI is InChI=1S/C18H17BrO5/c1-2-3-9-23-16-8-7-13(19)11-15(16)18(22)24-14-6-4-5-12(10-14)17(20)21/h4-8,10-11H,2-3,9H2,1H3,(H,20,21). The molecule has 5 nitrogen and oxygen atoms in total. The van der Waals surface area contributed by atoms with Crippen LogP contribution in [-0.2, 0) is 0 Å². The summed E-state index contributed by atoms with van der Waals surface area (Å²) in [7, 11) is 0. The minimum Gasteiger partial charge on any atom is -0.493 e. The van der Waals surface area contributed by atoms with E-state index < -0.39 is 11.9 Å². The summed E-state index contributed by atoms with van der Waals surface area (Å²) in [6.45, 7) is 2.56. The predicted molar refractivity (Wildman–Crippen MR) is 92.9 cm³/mol. The Labute approximate surface area is 148 Å². The second-order valence-corrected chi connectivity index (χ2v) is 5.98. The Morgan fingerprint density at radius 2 is 1.96 bits per heavy atom. The highest BCUT2D eigenvalue weighted by molar-refractivity contribution is 9.10. The number of esters is 1. The number of carbonyl (C=O) groups excluding carboxylic acids is 1. The van der Waals surface area contributed by atoms with Crippen LogP contribution >= 0.6 is 15.9 Å². The van der Waals surface area contributed by atoms with Crippen LogP contribution in [0.4, 0.5) is 0 Å². The molecule has 0 heterocycles. The molecule has 0 aliphatic heterocycles. The van der Waals surface area contributed by atoms with E-state index in [1.54, 1.807) is 18.2 Å². The summed E-state index contributed by atoms with van der Waals surface area (Å²) in [5.41, 5.74) is 0.329. The van der Waals surface area contributed by atoms with Crippen molar-refractivity contribution >= 4 is 27.9 Å². The summed E-state index contributed by atoms with van der Waals surface area (Å²) < 4.78 is 11.6. The zero-order chi connectivity index (χ0) is 17.5. The molecule has 1 N–H and O–H groups in total. The fourth-order valence-electron chi connectivity index (χ4n) is 1.97. The number of rotatable bonds is 7. The van der Waals surface area contributed by atoms with Crippen LogP contribution in [0.3, 0.4) is 0 Å². The van der Waals surface area contributed by atoms with Crippen LogP contribution in [0.15, 0.2) is 46.9 Å². The van der Waals surface area contributed by atoms with Crippen molar-refractivity contribution in [2.24, 2.45) is 0 Å². The smallest absolute Gasteiger partial charge is 0.347 e. The first kappa shape index (κ1) is 18.0. The van der Waals surface area contributed by atoms with Crippen molar-refractivity contribution in [3.8, 4) is 11.5 Å². The van der Waals surface area contributed by atoms with Gasteiger partial charge in [-0.15, -0.1) is 0 Å². The van der Waals surface area contributed by atoms with Crippen LogP contribution in [0.5, 0.6) is 11.5 Å². The Morgan fingerprint density at radius 1 is 1.17 bits per heavy atom. The van der Waals surface area contributed by atoms with Gasteiger partial charge in [0.25, 0.3) is 0 Å². The molecule has 0 amide bonds. The van der Waals surface area contributed by atoms with E-state index in [9.17, 15) is 9.59 Å². The maximum atomic E-state index is 12.4.